The first kappa shape index (κ1) is 13.9. The number of rotatable bonds is 3. The predicted octanol–water partition coefficient (Wildman–Crippen LogP) is 3.08. The Kier molecular flexibility index (Phi) is 4.47. The maximum absolute atomic E-state index is 12.1. The average molecular weight is 258 g/mol. The van der Waals surface area contributed by atoms with Gasteiger partial charge in [0.25, 0.3) is 12.5 Å². The van der Waals surface area contributed by atoms with Crippen molar-refractivity contribution in [3.63, 3.8) is 0 Å². The zero-order valence-corrected chi connectivity index (χ0v) is 8.71. The summed E-state index contributed by atoms with van der Waals surface area (Å²) in [5.41, 5.74) is 0. The van der Waals surface area contributed by atoms with E-state index in [2.05, 4.69) is 4.74 Å². The van der Waals surface area contributed by atoms with Crippen molar-refractivity contribution in [1.82, 2.24) is 0 Å². The maximum atomic E-state index is 12.1. The number of allylic oxidation sites excluding steroid dienone is 2. The average Bonchev–Trinajstić information content (AvgIpc) is 2.24. The monoisotopic (exact) mass is 258 g/mol. The highest BCUT2D eigenvalue weighted by molar-refractivity contribution is 5.73. The van der Waals surface area contributed by atoms with Gasteiger partial charge in [0.05, 0.1) is 5.92 Å². The van der Waals surface area contributed by atoms with Crippen molar-refractivity contribution in [3.8, 4) is 0 Å². The molecule has 0 heterocycles. The summed E-state index contributed by atoms with van der Waals surface area (Å²) in [6.07, 6.45) is -7.85. The summed E-state index contributed by atoms with van der Waals surface area (Å²) in [5.74, 6) is -1.97. The second-order valence-corrected chi connectivity index (χ2v) is 3.71. The van der Waals surface area contributed by atoms with Crippen molar-refractivity contribution in [2.24, 2.45) is 5.92 Å². The molecule has 2 unspecified atom stereocenters. The topological polar surface area (TPSA) is 26.3 Å². The molecule has 0 amide bonds. The van der Waals surface area contributed by atoms with E-state index in [0.29, 0.717) is 12.8 Å². The van der Waals surface area contributed by atoms with E-state index in [1.165, 1.54) is 0 Å². The third-order valence-electron chi connectivity index (χ3n) is 2.40. The fourth-order valence-corrected chi connectivity index (χ4v) is 1.49. The van der Waals surface area contributed by atoms with Crippen LogP contribution in [-0.4, -0.2) is 24.7 Å². The molecular weight excluding hydrogens is 247 g/mol. The first-order valence-electron chi connectivity index (χ1n) is 5.02. The number of hydrogen-bond acceptors (Lipinski definition) is 2. The lowest BCUT2D eigenvalue weighted by molar-refractivity contribution is -0.250. The summed E-state index contributed by atoms with van der Waals surface area (Å²) in [4.78, 5) is 11.3. The molecular formula is C10H11F5O2. The van der Waals surface area contributed by atoms with Gasteiger partial charge in [-0.3, -0.25) is 4.79 Å². The number of halogens is 5. The minimum absolute atomic E-state index is 0.229. The highest BCUT2D eigenvalue weighted by Gasteiger charge is 2.49. The van der Waals surface area contributed by atoms with Crippen LogP contribution >= 0.6 is 0 Å². The Morgan fingerprint density at radius 3 is 2.35 bits per heavy atom. The molecule has 1 rings (SSSR count). The van der Waals surface area contributed by atoms with E-state index in [0.717, 1.165) is 0 Å². The summed E-state index contributed by atoms with van der Waals surface area (Å²) in [6, 6.07) is 0. The Morgan fingerprint density at radius 2 is 1.94 bits per heavy atom. The molecule has 1 aliphatic rings. The number of hydrogen-bond donors (Lipinski definition) is 0. The Labute approximate surface area is 94.4 Å². The third kappa shape index (κ3) is 3.98. The molecule has 0 saturated heterocycles. The molecule has 0 spiro atoms. The van der Waals surface area contributed by atoms with Crippen LogP contribution in [0.25, 0.3) is 0 Å². The summed E-state index contributed by atoms with van der Waals surface area (Å²) >= 11 is 0. The summed E-state index contributed by atoms with van der Waals surface area (Å²) < 4.78 is 64.5. The Hall–Kier alpha value is -1.14. The largest absolute Gasteiger partial charge is 0.446 e. The summed E-state index contributed by atoms with van der Waals surface area (Å²) in [5, 5.41) is 0. The van der Waals surface area contributed by atoms with Gasteiger partial charge in [-0.05, 0) is 19.3 Å². The smallest absolute Gasteiger partial charge is 0.431 e. The molecule has 0 fully saturated rings. The molecule has 1 aliphatic carbocycles. The number of alkyl halides is 5. The molecule has 0 radical (unpaired) electrons. The van der Waals surface area contributed by atoms with Crippen LogP contribution in [-0.2, 0) is 9.53 Å². The number of ether oxygens (including phenoxy) is 1. The Bertz CT molecular complexity index is 298. The number of esters is 1. The van der Waals surface area contributed by atoms with Crippen molar-refractivity contribution in [2.45, 2.75) is 38.0 Å². The molecule has 0 bridgehead atoms. The van der Waals surface area contributed by atoms with Gasteiger partial charge in [0, 0.05) is 0 Å². The first-order chi connectivity index (χ1) is 7.82. The number of carbonyl (C=O) groups is 1. The summed E-state index contributed by atoms with van der Waals surface area (Å²) in [7, 11) is 0. The van der Waals surface area contributed by atoms with E-state index in [1.807, 2.05) is 0 Å². The molecule has 0 saturated carbocycles. The van der Waals surface area contributed by atoms with Crippen LogP contribution in [0.5, 0.6) is 0 Å². The van der Waals surface area contributed by atoms with E-state index in [-0.39, 0.29) is 6.42 Å². The minimum atomic E-state index is -5.24. The van der Waals surface area contributed by atoms with E-state index < -0.39 is 30.6 Å². The fourth-order valence-electron chi connectivity index (χ4n) is 1.49. The van der Waals surface area contributed by atoms with Crippen LogP contribution in [0.3, 0.4) is 0 Å². The van der Waals surface area contributed by atoms with Crippen LogP contribution in [0.15, 0.2) is 12.2 Å². The predicted molar refractivity (Wildman–Crippen MR) is 48.4 cm³/mol. The van der Waals surface area contributed by atoms with Gasteiger partial charge in [0.2, 0.25) is 0 Å². The maximum Gasteiger partial charge on any atom is 0.431 e. The van der Waals surface area contributed by atoms with Gasteiger partial charge in [-0.1, -0.05) is 12.2 Å². The van der Waals surface area contributed by atoms with Gasteiger partial charge in [-0.15, -0.1) is 0 Å². The van der Waals surface area contributed by atoms with Gasteiger partial charge in [0.1, 0.15) is 0 Å². The molecule has 0 aliphatic heterocycles. The molecule has 2 nitrogen and oxygen atoms in total. The van der Waals surface area contributed by atoms with Gasteiger partial charge in [0.15, 0.2) is 0 Å². The molecule has 2 atom stereocenters. The van der Waals surface area contributed by atoms with Crippen LogP contribution in [0.4, 0.5) is 22.0 Å². The Balaban J connectivity index is 2.61. The van der Waals surface area contributed by atoms with Gasteiger partial charge < -0.3 is 4.74 Å². The minimum Gasteiger partial charge on any atom is -0.446 e. The van der Waals surface area contributed by atoms with E-state index in [4.69, 9.17) is 0 Å². The SMILES string of the molecule is O=C(OC(C(F)F)C(F)(F)F)C1CC=CCC1. The van der Waals surface area contributed by atoms with Crippen molar-refractivity contribution in [3.05, 3.63) is 12.2 Å². The third-order valence-corrected chi connectivity index (χ3v) is 2.40. The fraction of sp³-hybridized carbons (Fsp3) is 0.700. The lowest BCUT2D eigenvalue weighted by atomic mass is 9.95. The van der Waals surface area contributed by atoms with Gasteiger partial charge >= 0.3 is 12.1 Å². The highest BCUT2D eigenvalue weighted by atomic mass is 19.4. The standard InChI is InChI=1S/C10H11F5O2/c11-8(12)7(10(13,14)15)17-9(16)6-4-2-1-3-5-6/h1-2,6-8H,3-5H2. The van der Waals surface area contributed by atoms with E-state index in [1.54, 1.807) is 12.2 Å². The second kappa shape index (κ2) is 5.46. The normalized spacial score (nSPS) is 22.6. The molecule has 7 heteroatoms. The van der Waals surface area contributed by atoms with Crippen molar-refractivity contribution < 1.29 is 31.5 Å². The molecule has 0 aromatic carbocycles. The van der Waals surface area contributed by atoms with Crippen molar-refractivity contribution in [1.29, 1.82) is 0 Å². The highest BCUT2D eigenvalue weighted by Crippen LogP contribution is 2.29. The van der Waals surface area contributed by atoms with Crippen LogP contribution in [0.2, 0.25) is 0 Å². The van der Waals surface area contributed by atoms with Crippen LogP contribution < -0.4 is 0 Å². The zero-order chi connectivity index (χ0) is 13.1. The second-order valence-electron chi connectivity index (χ2n) is 3.71. The zero-order valence-electron chi connectivity index (χ0n) is 8.71. The van der Waals surface area contributed by atoms with Crippen LogP contribution in [0.1, 0.15) is 19.3 Å². The quantitative estimate of drug-likeness (QED) is 0.441. The van der Waals surface area contributed by atoms with E-state index in [9.17, 15) is 26.7 Å². The molecule has 0 aromatic rings. The summed E-state index contributed by atoms with van der Waals surface area (Å²) in [6.45, 7) is 0. The van der Waals surface area contributed by atoms with E-state index >= 15 is 0 Å². The van der Waals surface area contributed by atoms with Crippen molar-refractivity contribution >= 4 is 5.97 Å². The van der Waals surface area contributed by atoms with Crippen molar-refractivity contribution in [2.75, 3.05) is 0 Å². The molecule has 17 heavy (non-hydrogen) atoms. The van der Waals surface area contributed by atoms with Crippen LogP contribution in [0, 0.1) is 5.92 Å². The molecule has 0 aromatic heterocycles. The molecule has 0 N–H and O–H groups in total. The Morgan fingerprint density at radius 1 is 1.29 bits per heavy atom. The first-order valence-corrected chi connectivity index (χ1v) is 5.02. The van der Waals surface area contributed by atoms with Gasteiger partial charge in [-0.2, -0.15) is 13.2 Å². The van der Waals surface area contributed by atoms with Gasteiger partial charge in [-0.25, -0.2) is 8.78 Å². The molecule has 98 valence electrons. The lowest BCUT2D eigenvalue weighted by Crippen LogP contribution is -2.41. The number of carbonyl (C=O) groups excluding carboxylic acids is 1. The lowest BCUT2D eigenvalue weighted by Gasteiger charge is -2.23.